The second-order valence-electron chi connectivity index (χ2n) is 6.24. The van der Waals surface area contributed by atoms with Crippen LogP contribution in [0, 0.1) is 0 Å². The van der Waals surface area contributed by atoms with Crippen molar-refractivity contribution >= 4 is 5.91 Å². The van der Waals surface area contributed by atoms with Crippen LogP contribution in [-0.4, -0.2) is 69.3 Å². The molecule has 7 heteroatoms. The zero-order chi connectivity index (χ0) is 16.4. The number of amides is 1. The lowest BCUT2D eigenvalue weighted by atomic mass is 10.1. The van der Waals surface area contributed by atoms with E-state index in [0.717, 1.165) is 50.6 Å². The van der Waals surface area contributed by atoms with Crippen LogP contribution in [0.25, 0.3) is 0 Å². The van der Waals surface area contributed by atoms with E-state index in [1.54, 1.807) is 12.7 Å². The van der Waals surface area contributed by atoms with E-state index in [4.69, 9.17) is 4.74 Å². The fourth-order valence-corrected chi connectivity index (χ4v) is 3.31. The van der Waals surface area contributed by atoms with Crippen LogP contribution in [0.3, 0.4) is 0 Å². The van der Waals surface area contributed by atoms with Crippen LogP contribution in [-0.2, 0) is 17.8 Å². The number of fused-ring (bicyclic) bond motifs is 1. The van der Waals surface area contributed by atoms with Crippen LogP contribution >= 0.6 is 0 Å². The molecule has 2 aromatic rings. The van der Waals surface area contributed by atoms with E-state index in [-0.39, 0.29) is 12.0 Å². The Balaban J connectivity index is 1.26. The highest BCUT2D eigenvalue weighted by Gasteiger charge is 2.33. The molecule has 0 unspecified atom stereocenters. The van der Waals surface area contributed by atoms with Crippen LogP contribution in [0.4, 0.5) is 0 Å². The monoisotopic (exact) mass is 327 g/mol. The highest BCUT2D eigenvalue weighted by molar-refractivity contribution is 5.82. The number of para-hydroxylation sites is 1. The van der Waals surface area contributed by atoms with Crippen molar-refractivity contribution in [1.82, 2.24) is 24.6 Å². The largest absolute Gasteiger partial charge is 0.480 e. The predicted octanol–water partition coefficient (Wildman–Crippen LogP) is 0.426. The van der Waals surface area contributed by atoms with Gasteiger partial charge in [-0.3, -0.25) is 14.4 Å². The average Bonchev–Trinajstić information content (AvgIpc) is 3.29. The van der Waals surface area contributed by atoms with E-state index in [1.807, 2.05) is 33.8 Å². The SMILES string of the molecule is O=C([C@@H]1Cc2ccccc2O1)N1CCN(CCn2cncn2)CC1. The minimum atomic E-state index is -0.357. The summed E-state index contributed by atoms with van der Waals surface area (Å²) in [7, 11) is 0. The molecular weight excluding hydrogens is 306 g/mol. The number of ether oxygens (including phenoxy) is 1. The summed E-state index contributed by atoms with van der Waals surface area (Å²) in [5.41, 5.74) is 1.13. The molecule has 1 fully saturated rings. The van der Waals surface area contributed by atoms with Crippen LogP contribution in [0.2, 0.25) is 0 Å². The Morgan fingerprint density at radius 1 is 1.17 bits per heavy atom. The highest BCUT2D eigenvalue weighted by atomic mass is 16.5. The van der Waals surface area contributed by atoms with E-state index in [2.05, 4.69) is 15.0 Å². The first-order chi connectivity index (χ1) is 11.8. The lowest BCUT2D eigenvalue weighted by molar-refractivity contribution is -0.139. The number of nitrogens with zero attached hydrogens (tertiary/aromatic N) is 5. The summed E-state index contributed by atoms with van der Waals surface area (Å²) < 4.78 is 7.66. The third kappa shape index (κ3) is 3.12. The Hall–Kier alpha value is -2.41. The van der Waals surface area contributed by atoms with Gasteiger partial charge in [0.1, 0.15) is 18.4 Å². The Morgan fingerprint density at radius 3 is 2.75 bits per heavy atom. The Bertz CT molecular complexity index is 670. The number of hydrogen-bond donors (Lipinski definition) is 0. The zero-order valence-electron chi connectivity index (χ0n) is 13.5. The maximum absolute atomic E-state index is 12.7. The van der Waals surface area contributed by atoms with Crippen molar-refractivity contribution in [3.8, 4) is 5.75 Å². The average molecular weight is 327 g/mol. The Kier molecular flexibility index (Phi) is 4.17. The first-order valence-electron chi connectivity index (χ1n) is 8.38. The molecule has 3 heterocycles. The van der Waals surface area contributed by atoms with Gasteiger partial charge in [0.2, 0.25) is 0 Å². The van der Waals surface area contributed by atoms with Gasteiger partial charge in [-0.05, 0) is 11.6 Å². The van der Waals surface area contributed by atoms with Crippen molar-refractivity contribution < 1.29 is 9.53 Å². The van der Waals surface area contributed by atoms with Crippen LogP contribution < -0.4 is 4.74 Å². The highest BCUT2D eigenvalue weighted by Crippen LogP contribution is 2.29. The summed E-state index contributed by atoms with van der Waals surface area (Å²) in [5, 5.41) is 4.11. The maximum atomic E-state index is 12.7. The number of rotatable bonds is 4. The van der Waals surface area contributed by atoms with Crippen molar-refractivity contribution in [3.63, 3.8) is 0 Å². The van der Waals surface area contributed by atoms with Crippen molar-refractivity contribution in [3.05, 3.63) is 42.5 Å². The number of carbonyl (C=O) groups excluding carboxylic acids is 1. The topological polar surface area (TPSA) is 63.5 Å². The van der Waals surface area contributed by atoms with Crippen LogP contribution in [0.5, 0.6) is 5.75 Å². The lowest BCUT2D eigenvalue weighted by Gasteiger charge is -2.35. The Morgan fingerprint density at radius 2 is 2.00 bits per heavy atom. The third-order valence-corrected chi connectivity index (χ3v) is 4.72. The summed E-state index contributed by atoms with van der Waals surface area (Å²) in [6, 6.07) is 7.90. The molecule has 126 valence electrons. The molecule has 2 aliphatic heterocycles. The molecule has 0 bridgehead atoms. The van der Waals surface area contributed by atoms with E-state index < -0.39 is 0 Å². The van der Waals surface area contributed by atoms with Gasteiger partial charge in [0.15, 0.2) is 6.10 Å². The summed E-state index contributed by atoms with van der Waals surface area (Å²) in [6.45, 7) is 5.05. The van der Waals surface area contributed by atoms with Gasteiger partial charge >= 0.3 is 0 Å². The van der Waals surface area contributed by atoms with Crippen molar-refractivity contribution in [2.75, 3.05) is 32.7 Å². The molecule has 1 atom stereocenters. The summed E-state index contributed by atoms with van der Waals surface area (Å²) in [6.07, 6.45) is 3.61. The standard InChI is InChI=1S/C17H21N5O2/c23-17(16-11-14-3-1-2-4-15(14)24-16)21-8-5-20(6-9-21)7-10-22-13-18-12-19-22/h1-4,12-13,16H,5-11H2/t16-/m0/s1. The summed E-state index contributed by atoms with van der Waals surface area (Å²) >= 11 is 0. The smallest absolute Gasteiger partial charge is 0.264 e. The quantitative estimate of drug-likeness (QED) is 0.815. The van der Waals surface area contributed by atoms with Gasteiger partial charge < -0.3 is 9.64 Å². The second-order valence-corrected chi connectivity index (χ2v) is 6.24. The van der Waals surface area contributed by atoms with Crippen LogP contribution in [0.1, 0.15) is 5.56 Å². The Labute approximate surface area is 140 Å². The number of piperazine rings is 1. The number of aromatic nitrogens is 3. The molecular formula is C17H21N5O2. The third-order valence-electron chi connectivity index (χ3n) is 4.72. The molecule has 7 nitrogen and oxygen atoms in total. The number of benzene rings is 1. The number of hydrogen-bond acceptors (Lipinski definition) is 5. The van der Waals surface area contributed by atoms with E-state index in [9.17, 15) is 4.79 Å². The summed E-state index contributed by atoms with van der Waals surface area (Å²) in [4.78, 5) is 20.9. The molecule has 1 aromatic carbocycles. The molecule has 0 N–H and O–H groups in total. The van der Waals surface area contributed by atoms with Crippen molar-refractivity contribution in [2.45, 2.75) is 19.1 Å². The fourth-order valence-electron chi connectivity index (χ4n) is 3.31. The van der Waals surface area contributed by atoms with Gasteiger partial charge in [0, 0.05) is 39.1 Å². The molecule has 24 heavy (non-hydrogen) atoms. The predicted molar refractivity (Wildman–Crippen MR) is 87.6 cm³/mol. The second kappa shape index (κ2) is 6.60. The molecule has 0 radical (unpaired) electrons. The van der Waals surface area contributed by atoms with Gasteiger partial charge in [-0.25, -0.2) is 4.98 Å². The fraction of sp³-hybridized carbons (Fsp3) is 0.471. The van der Waals surface area contributed by atoms with E-state index >= 15 is 0 Å². The minimum Gasteiger partial charge on any atom is -0.480 e. The van der Waals surface area contributed by atoms with E-state index in [1.165, 1.54) is 0 Å². The molecule has 1 aromatic heterocycles. The molecule has 2 aliphatic rings. The molecule has 4 rings (SSSR count). The zero-order valence-corrected chi connectivity index (χ0v) is 13.5. The van der Waals surface area contributed by atoms with Gasteiger partial charge in [-0.15, -0.1) is 0 Å². The molecule has 0 aliphatic carbocycles. The molecule has 1 saturated heterocycles. The molecule has 0 saturated carbocycles. The first-order valence-corrected chi connectivity index (χ1v) is 8.38. The molecule has 0 spiro atoms. The van der Waals surface area contributed by atoms with Gasteiger partial charge in [0.25, 0.3) is 5.91 Å². The van der Waals surface area contributed by atoms with Gasteiger partial charge in [-0.2, -0.15) is 5.10 Å². The van der Waals surface area contributed by atoms with E-state index in [0.29, 0.717) is 6.42 Å². The summed E-state index contributed by atoms with van der Waals surface area (Å²) in [5.74, 6) is 0.962. The lowest BCUT2D eigenvalue weighted by Crippen LogP contribution is -2.52. The first kappa shape index (κ1) is 15.1. The van der Waals surface area contributed by atoms with Crippen molar-refractivity contribution in [2.24, 2.45) is 0 Å². The van der Waals surface area contributed by atoms with Crippen LogP contribution in [0.15, 0.2) is 36.9 Å². The normalized spacial score (nSPS) is 20.7. The number of carbonyl (C=O) groups is 1. The van der Waals surface area contributed by atoms with Gasteiger partial charge in [-0.1, -0.05) is 18.2 Å². The van der Waals surface area contributed by atoms with Crippen molar-refractivity contribution in [1.29, 1.82) is 0 Å². The minimum absolute atomic E-state index is 0.113. The van der Waals surface area contributed by atoms with Gasteiger partial charge in [0.05, 0.1) is 6.54 Å². The maximum Gasteiger partial charge on any atom is 0.264 e. The molecule has 1 amide bonds.